The molecule has 0 atom stereocenters. The van der Waals surface area contributed by atoms with Crippen molar-refractivity contribution < 1.29 is 9.57 Å². The first-order valence-electron chi connectivity index (χ1n) is 5.63. The van der Waals surface area contributed by atoms with Crippen molar-refractivity contribution in [3.63, 3.8) is 0 Å². The fourth-order valence-electron chi connectivity index (χ4n) is 1.54. The number of H-pyrrole nitrogens is 1. The number of para-hydroxylation sites is 1. The lowest BCUT2D eigenvalue weighted by Gasteiger charge is -2.05. The lowest BCUT2D eigenvalue weighted by molar-refractivity contribution is 0.00248. The van der Waals surface area contributed by atoms with E-state index in [-0.39, 0.29) is 5.56 Å². The number of nitrogens with one attached hydrogen (secondary N) is 2. The Kier molecular flexibility index (Phi) is 4.40. The molecule has 18 heavy (non-hydrogen) atoms. The maximum atomic E-state index is 11.8. The number of benzene rings is 1. The Balaban J connectivity index is 2.03. The number of fused-ring (bicyclic) bond motifs is 1. The SMILES string of the molecule is COCCONCc1nc2ccccc2c(=O)[nH]1. The Labute approximate surface area is 104 Å². The zero-order valence-electron chi connectivity index (χ0n) is 10.1. The van der Waals surface area contributed by atoms with Gasteiger partial charge in [-0.15, -0.1) is 0 Å². The molecule has 0 aliphatic carbocycles. The number of hydrogen-bond acceptors (Lipinski definition) is 5. The highest BCUT2D eigenvalue weighted by molar-refractivity contribution is 5.77. The van der Waals surface area contributed by atoms with E-state index in [9.17, 15) is 4.79 Å². The van der Waals surface area contributed by atoms with Crippen LogP contribution in [0.15, 0.2) is 29.1 Å². The highest BCUT2D eigenvalue weighted by Crippen LogP contribution is 2.05. The number of aromatic nitrogens is 2. The fraction of sp³-hybridized carbons (Fsp3) is 0.333. The minimum absolute atomic E-state index is 0.144. The zero-order valence-corrected chi connectivity index (χ0v) is 10.1. The molecule has 0 saturated heterocycles. The number of methoxy groups -OCH3 is 1. The van der Waals surface area contributed by atoms with Gasteiger partial charge in [0.15, 0.2) is 0 Å². The average Bonchev–Trinajstić information content (AvgIpc) is 2.39. The molecule has 0 fully saturated rings. The van der Waals surface area contributed by atoms with Gasteiger partial charge in [0.1, 0.15) is 5.82 Å². The summed E-state index contributed by atoms with van der Waals surface area (Å²) in [5.41, 5.74) is 3.25. The maximum Gasteiger partial charge on any atom is 0.258 e. The summed E-state index contributed by atoms with van der Waals surface area (Å²) in [4.78, 5) is 23.9. The lowest BCUT2D eigenvalue weighted by atomic mass is 10.2. The number of rotatable bonds is 6. The minimum Gasteiger partial charge on any atom is -0.382 e. The molecule has 0 aliphatic heterocycles. The smallest absolute Gasteiger partial charge is 0.258 e. The van der Waals surface area contributed by atoms with E-state index >= 15 is 0 Å². The van der Waals surface area contributed by atoms with E-state index < -0.39 is 0 Å². The molecule has 1 aromatic carbocycles. The third-order valence-corrected chi connectivity index (χ3v) is 2.39. The average molecular weight is 249 g/mol. The molecule has 0 aliphatic rings. The Morgan fingerprint density at radius 2 is 2.17 bits per heavy atom. The molecule has 0 spiro atoms. The van der Waals surface area contributed by atoms with Gasteiger partial charge in [-0.3, -0.25) is 9.63 Å². The van der Waals surface area contributed by atoms with Crippen molar-refractivity contribution in [2.75, 3.05) is 20.3 Å². The van der Waals surface area contributed by atoms with Crippen molar-refractivity contribution in [1.82, 2.24) is 15.4 Å². The predicted octanol–water partition coefficient (Wildman–Crippen LogP) is 0.591. The fourth-order valence-corrected chi connectivity index (χ4v) is 1.54. The van der Waals surface area contributed by atoms with Crippen LogP contribution in [0.3, 0.4) is 0 Å². The molecule has 6 heteroatoms. The first-order valence-corrected chi connectivity index (χ1v) is 5.63. The van der Waals surface area contributed by atoms with Gasteiger partial charge in [0.05, 0.1) is 30.7 Å². The van der Waals surface area contributed by atoms with E-state index in [1.165, 1.54) is 0 Å². The van der Waals surface area contributed by atoms with Gasteiger partial charge in [-0.1, -0.05) is 12.1 Å². The molecule has 6 nitrogen and oxygen atoms in total. The maximum absolute atomic E-state index is 11.8. The molecule has 2 N–H and O–H groups in total. The van der Waals surface area contributed by atoms with Crippen LogP contribution in [0.1, 0.15) is 5.82 Å². The first kappa shape index (κ1) is 12.7. The minimum atomic E-state index is -0.144. The number of hydrogen-bond donors (Lipinski definition) is 2. The molecule has 0 saturated carbocycles. The van der Waals surface area contributed by atoms with Crippen LogP contribution in [0, 0.1) is 0 Å². The second kappa shape index (κ2) is 6.25. The third kappa shape index (κ3) is 3.13. The molecule has 0 unspecified atom stereocenters. The lowest BCUT2D eigenvalue weighted by Crippen LogP contribution is -2.21. The van der Waals surface area contributed by atoms with Crippen LogP contribution in [-0.2, 0) is 16.1 Å². The molecule has 0 amide bonds. The van der Waals surface area contributed by atoms with Crippen LogP contribution >= 0.6 is 0 Å². The Morgan fingerprint density at radius 3 is 3.00 bits per heavy atom. The molecule has 2 rings (SSSR count). The molecule has 1 heterocycles. The molecular formula is C12H15N3O3. The van der Waals surface area contributed by atoms with Gasteiger partial charge in [-0.2, -0.15) is 5.48 Å². The highest BCUT2D eigenvalue weighted by atomic mass is 16.7. The van der Waals surface area contributed by atoms with E-state index in [1.807, 2.05) is 12.1 Å². The number of aromatic amines is 1. The van der Waals surface area contributed by atoms with E-state index in [0.717, 1.165) is 0 Å². The predicted molar refractivity (Wildman–Crippen MR) is 67.0 cm³/mol. The van der Waals surface area contributed by atoms with Crippen LogP contribution in [0.25, 0.3) is 10.9 Å². The molecule has 96 valence electrons. The van der Waals surface area contributed by atoms with Crippen LogP contribution in [0.4, 0.5) is 0 Å². The van der Waals surface area contributed by atoms with Crippen LogP contribution in [0.5, 0.6) is 0 Å². The molecular weight excluding hydrogens is 234 g/mol. The summed E-state index contributed by atoms with van der Waals surface area (Å²) in [6.07, 6.45) is 0. The van der Waals surface area contributed by atoms with Crippen LogP contribution < -0.4 is 11.0 Å². The van der Waals surface area contributed by atoms with Gasteiger partial charge < -0.3 is 9.72 Å². The molecule has 1 aromatic heterocycles. The topological polar surface area (TPSA) is 76.2 Å². The summed E-state index contributed by atoms with van der Waals surface area (Å²) >= 11 is 0. The van der Waals surface area contributed by atoms with Crippen molar-refractivity contribution in [2.45, 2.75) is 6.54 Å². The van der Waals surface area contributed by atoms with Crippen molar-refractivity contribution in [3.05, 3.63) is 40.4 Å². The Hall–Kier alpha value is -1.76. The monoisotopic (exact) mass is 249 g/mol. The molecule has 2 aromatic rings. The van der Waals surface area contributed by atoms with Gasteiger partial charge in [-0.25, -0.2) is 4.98 Å². The van der Waals surface area contributed by atoms with Crippen molar-refractivity contribution >= 4 is 10.9 Å². The van der Waals surface area contributed by atoms with E-state index in [2.05, 4.69) is 15.4 Å². The van der Waals surface area contributed by atoms with Gasteiger partial charge in [0.2, 0.25) is 0 Å². The quantitative estimate of drug-likeness (QED) is 0.579. The molecule has 0 radical (unpaired) electrons. The van der Waals surface area contributed by atoms with E-state index in [0.29, 0.717) is 36.5 Å². The van der Waals surface area contributed by atoms with Crippen molar-refractivity contribution in [1.29, 1.82) is 0 Å². The number of nitrogens with zero attached hydrogens (tertiary/aromatic N) is 1. The number of hydroxylamine groups is 1. The normalized spacial score (nSPS) is 10.9. The third-order valence-electron chi connectivity index (χ3n) is 2.39. The molecule has 0 bridgehead atoms. The standard InChI is InChI=1S/C12H15N3O3/c1-17-6-7-18-13-8-11-14-10-5-3-2-4-9(10)12(16)15-11/h2-5,13H,6-8H2,1H3,(H,14,15,16). The summed E-state index contributed by atoms with van der Waals surface area (Å²) in [6.45, 7) is 1.28. The van der Waals surface area contributed by atoms with Crippen LogP contribution in [-0.4, -0.2) is 30.3 Å². The summed E-state index contributed by atoms with van der Waals surface area (Å²) in [7, 11) is 1.60. The zero-order chi connectivity index (χ0) is 12.8. The summed E-state index contributed by atoms with van der Waals surface area (Å²) in [6, 6.07) is 7.21. The van der Waals surface area contributed by atoms with Gasteiger partial charge >= 0.3 is 0 Å². The first-order chi connectivity index (χ1) is 8.81. The number of ether oxygens (including phenoxy) is 1. The Bertz CT molecular complexity index is 568. The largest absolute Gasteiger partial charge is 0.382 e. The summed E-state index contributed by atoms with van der Waals surface area (Å²) in [5.74, 6) is 0.538. The van der Waals surface area contributed by atoms with E-state index in [4.69, 9.17) is 9.57 Å². The van der Waals surface area contributed by atoms with Gasteiger partial charge in [0.25, 0.3) is 5.56 Å². The van der Waals surface area contributed by atoms with Gasteiger partial charge in [-0.05, 0) is 12.1 Å². The Morgan fingerprint density at radius 1 is 1.33 bits per heavy atom. The highest BCUT2D eigenvalue weighted by Gasteiger charge is 2.02. The van der Waals surface area contributed by atoms with Crippen molar-refractivity contribution in [2.24, 2.45) is 0 Å². The van der Waals surface area contributed by atoms with E-state index in [1.54, 1.807) is 19.2 Å². The second-order valence-electron chi connectivity index (χ2n) is 3.69. The van der Waals surface area contributed by atoms with Crippen LogP contribution in [0.2, 0.25) is 0 Å². The van der Waals surface area contributed by atoms with Gasteiger partial charge in [0, 0.05) is 7.11 Å². The second-order valence-corrected chi connectivity index (χ2v) is 3.69. The summed E-state index contributed by atoms with van der Waals surface area (Å²) < 4.78 is 4.83. The summed E-state index contributed by atoms with van der Waals surface area (Å²) in [5, 5.41) is 0.585. The van der Waals surface area contributed by atoms with Crippen molar-refractivity contribution in [3.8, 4) is 0 Å².